The first-order valence-electron chi connectivity index (χ1n) is 6.33. The second-order valence-electron chi connectivity index (χ2n) is 4.71. The molecule has 0 amide bonds. The van der Waals surface area contributed by atoms with Crippen molar-refractivity contribution in [3.63, 3.8) is 0 Å². The molecular weight excluding hydrogens is 250 g/mol. The Kier molecular flexibility index (Phi) is 4.75. The zero-order valence-corrected chi connectivity index (χ0v) is 11.1. The van der Waals surface area contributed by atoms with E-state index in [0.29, 0.717) is 11.6 Å². The molecule has 0 atom stereocenters. The van der Waals surface area contributed by atoms with E-state index in [0.717, 1.165) is 31.5 Å². The Labute approximate surface area is 112 Å². The van der Waals surface area contributed by atoms with Crippen LogP contribution >= 0.6 is 11.6 Å². The quantitative estimate of drug-likeness (QED) is 0.851. The molecule has 2 rings (SSSR count). The third kappa shape index (κ3) is 3.31. The summed E-state index contributed by atoms with van der Waals surface area (Å²) < 4.78 is 0. The highest BCUT2D eigenvalue weighted by atomic mass is 35.5. The molecular formula is C14H18ClNO2. The van der Waals surface area contributed by atoms with Crippen molar-refractivity contribution in [1.82, 2.24) is 4.90 Å². The largest absolute Gasteiger partial charge is 0.395 e. The first-order chi connectivity index (χ1) is 8.70. The summed E-state index contributed by atoms with van der Waals surface area (Å²) in [5, 5.41) is 9.53. The summed E-state index contributed by atoms with van der Waals surface area (Å²) in [6, 6.07) is 7.11. The average Bonchev–Trinajstić information content (AvgIpc) is 2.40. The van der Waals surface area contributed by atoms with Gasteiger partial charge < -0.3 is 10.0 Å². The molecule has 0 unspecified atom stereocenters. The van der Waals surface area contributed by atoms with Crippen LogP contribution in [0, 0.1) is 5.92 Å². The van der Waals surface area contributed by atoms with Crippen LogP contribution in [0.1, 0.15) is 23.2 Å². The van der Waals surface area contributed by atoms with Crippen molar-refractivity contribution < 1.29 is 9.90 Å². The van der Waals surface area contributed by atoms with Crippen molar-refractivity contribution in [2.75, 3.05) is 26.2 Å². The molecule has 3 nitrogen and oxygen atoms in total. The van der Waals surface area contributed by atoms with Gasteiger partial charge in [-0.25, -0.2) is 0 Å². The number of ketones is 1. The van der Waals surface area contributed by atoms with Gasteiger partial charge in [0, 0.05) is 23.0 Å². The fraction of sp³-hybridized carbons (Fsp3) is 0.500. The van der Waals surface area contributed by atoms with E-state index >= 15 is 0 Å². The SMILES string of the molecule is O=C(c1ccc(Cl)cc1)C1CCN(CCO)CC1. The lowest BCUT2D eigenvalue weighted by Gasteiger charge is -2.30. The van der Waals surface area contributed by atoms with Crippen molar-refractivity contribution in [1.29, 1.82) is 0 Å². The van der Waals surface area contributed by atoms with Gasteiger partial charge in [-0.1, -0.05) is 11.6 Å². The Morgan fingerprint density at radius 1 is 1.28 bits per heavy atom. The summed E-state index contributed by atoms with van der Waals surface area (Å²) >= 11 is 5.81. The summed E-state index contributed by atoms with van der Waals surface area (Å²) in [7, 11) is 0. The minimum Gasteiger partial charge on any atom is -0.395 e. The lowest BCUT2D eigenvalue weighted by molar-refractivity contribution is 0.0823. The highest BCUT2D eigenvalue weighted by Gasteiger charge is 2.25. The molecule has 0 aliphatic carbocycles. The first-order valence-corrected chi connectivity index (χ1v) is 6.71. The Morgan fingerprint density at radius 2 is 1.89 bits per heavy atom. The summed E-state index contributed by atoms with van der Waals surface area (Å²) in [6.45, 7) is 2.69. The average molecular weight is 268 g/mol. The predicted octanol–water partition coefficient (Wildman–Crippen LogP) is 2.23. The van der Waals surface area contributed by atoms with Crippen molar-refractivity contribution >= 4 is 17.4 Å². The summed E-state index contributed by atoms with van der Waals surface area (Å²) in [5.74, 6) is 0.330. The minimum atomic E-state index is 0.112. The lowest BCUT2D eigenvalue weighted by Crippen LogP contribution is -2.37. The highest BCUT2D eigenvalue weighted by molar-refractivity contribution is 6.30. The number of halogens is 1. The van der Waals surface area contributed by atoms with Crippen LogP contribution in [0.25, 0.3) is 0 Å². The summed E-state index contributed by atoms with van der Waals surface area (Å²) in [5.41, 5.74) is 0.750. The van der Waals surface area contributed by atoms with E-state index in [1.165, 1.54) is 0 Å². The van der Waals surface area contributed by atoms with Gasteiger partial charge in [-0.15, -0.1) is 0 Å². The number of hydrogen-bond donors (Lipinski definition) is 1. The van der Waals surface area contributed by atoms with Gasteiger partial charge in [0.15, 0.2) is 5.78 Å². The molecule has 1 aliphatic heterocycles. The number of piperidine rings is 1. The third-order valence-electron chi connectivity index (χ3n) is 3.50. The molecule has 1 aromatic carbocycles. The number of nitrogens with zero attached hydrogens (tertiary/aromatic N) is 1. The molecule has 1 heterocycles. The van der Waals surface area contributed by atoms with Crippen LogP contribution in [0.4, 0.5) is 0 Å². The fourth-order valence-corrected chi connectivity index (χ4v) is 2.54. The molecule has 1 N–H and O–H groups in total. The van der Waals surface area contributed by atoms with Crippen LogP contribution < -0.4 is 0 Å². The number of carbonyl (C=O) groups is 1. The molecule has 18 heavy (non-hydrogen) atoms. The second kappa shape index (κ2) is 6.32. The van der Waals surface area contributed by atoms with E-state index in [-0.39, 0.29) is 18.3 Å². The van der Waals surface area contributed by atoms with Crippen LogP contribution in [0.3, 0.4) is 0 Å². The zero-order chi connectivity index (χ0) is 13.0. The molecule has 98 valence electrons. The number of likely N-dealkylation sites (tertiary alicyclic amines) is 1. The number of rotatable bonds is 4. The predicted molar refractivity (Wildman–Crippen MR) is 72.0 cm³/mol. The van der Waals surface area contributed by atoms with Gasteiger partial charge in [-0.3, -0.25) is 4.79 Å². The van der Waals surface area contributed by atoms with Gasteiger partial charge in [0.2, 0.25) is 0 Å². The molecule has 0 saturated carbocycles. The van der Waals surface area contributed by atoms with Gasteiger partial charge in [0.25, 0.3) is 0 Å². The van der Waals surface area contributed by atoms with E-state index in [1.807, 2.05) is 0 Å². The standard InChI is InChI=1S/C14H18ClNO2/c15-13-3-1-11(2-4-13)14(18)12-5-7-16(8-6-12)9-10-17/h1-4,12,17H,5-10H2. The van der Waals surface area contributed by atoms with Gasteiger partial charge in [-0.05, 0) is 50.2 Å². The Morgan fingerprint density at radius 3 is 2.44 bits per heavy atom. The molecule has 0 spiro atoms. The van der Waals surface area contributed by atoms with Gasteiger partial charge in [0.1, 0.15) is 0 Å². The molecule has 0 radical (unpaired) electrons. The zero-order valence-electron chi connectivity index (χ0n) is 10.3. The smallest absolute Gasteiger partial charge is 0.166 e. The molecule has 1 aliphatic rings. The number of aliphatic hydroxyl groups is 1. The monoisotopic (exact) mass is 267 g/mol. The van der Waals surface area contributed by atoms with Crippen LogP contribution in [0.15, 0.2) is 24.3 Å². The lowest BCUT2D eigenvalue weighted by atomic mass is 9.89. The van der Waals surface area contributed by atoms with E-state index in [9.17, 15) is 4.79 Å². The van der Waals surface area contributed by atoms with Gasteiger partial charge >= 0.3 is 0 Å². The number of hydrogen-bond acceptors (Lipinski definition) is 3. The fourth-order valence-electron chi connectivity index (χ4n) is 2.41. The topological polar surface area (TPSA) is 40.5 Å². The second-order valence-corrected chi connectivity index (χ2v) is 5.15. The number of benzene rings is 1. The third-order valence-corrected chi connectivity index (χ3v) is 3.76. The van der Waals surface area contributed by atoms with Crippen LogP contribution in [0.2, 0.25) is 5.02 Å². The van der Waals surface area contributed by atoms with E-state index < -0.39 is 0 Å². The number of aliphatic hydroxyl groups excluding tert-OH is 1. The summed E-state index contributed by atoms with van der Waals surface area (Å²) in [6.07, 6.45) is 1.75. The maximum atomic E-state index is 12.3. The number of Topliss-reactive ketones (excluding diaryl/α,β-unsaturated/α-hetero) is 1. The molecule has 1 aromatic rings. The number of β-amino-alcohol motifs (C(OH)–C–C–N with tert-alkyl or cyclic N) is 1. The molecule has 0 aromatic heterocycles. The van der Waals surface area contributed by atoms with Crippen molar-refractivity contribution in [2.45, 2.75) is 12.8 Å². The van der Waals surface area contributed by atoms with Crippen LogP contribution in [-0.2, 0) is 0 Å². The Hall–Kier alpha value is -0.900. The van der Waals surface area contributed by atoms with Crippen molar-refractivity contribution in [3.05, 3.63) is 34.9 Å². The van der Waals surface area contributed by atoms with Gasteiger partial charge in [-0.2, -0.15) is 0 Å². The van der Waals surface area contributed by atoms with E-state index in [2.05, 4.69) is 4.90 Å². The summed E-state index contributed by atoms with van der Waals surface area (Å²) in [4.78, 5) is 14.5. The first kappa shape index (κ1) is 13.5. The van der Waals surface area contributed by atoms with Crippen molar-refractivity contribution in [2.24, 2.45) is 5.92 Å². The van der Waals surface area contributed by atoms with Crippen LogP contribution in [0.5, 0.6) is 0 Å². The van der Waals surface area contributed by atoms with E-state index in [4.69, 9.17) is 16.7 Å². The van der Waals surface area contributed by atoms with Gasteiger partial charge in [0.05, 0.1) is 6.61 Å². The molecule has 1 saturated heterocycles. The number of carbonyl (C=O) groups excluding carboxylic acids is 1. The molecule has 0 bridgehead atoms. The van der Waals surface area contributed by atoms with E-state index in [1.54, 1.807) is 24.3 Å². The molecule has 1 fully saturated rings. The van der Waals surface area contributed by atoms with Crippen molar-refractivity contribution in [3.8, 4) is 0 Å². The normalized spacial score (nSPS) is 17.9. The maximum absolute atomic E-state index is 12.3. The minimum absolute atomic E-state index is 0.112. The maximum Gasteiger partial charge on any atom is 0.166 e. The molecule has 4 heteroatoms. The van der Waals surface area contributed by atoms with Crippen LogP contribution in [-0.4, -0.2) is 42.0 Å². The Bertz CT molecular complexity index is 397. The Balaban J connectivity index is 1.93. The highest BCUT2D eigenvalue weighted by Crippen LogP contribution is 2.22.